The van der Waals surface area contributed by atoms with E-state index in [0.717, 1.165) is 51.8 Å². The maximum Gasteiger partial charge on any atom is 0.222 e. The van der Waals surface area contributed by atoms with Gasteiger partial charge in [-0.15, -0.1) is 0 Å². The number of piperidine rings is 1. The Morgan fingerprint density at radius 3 is 2.95 bits per heavy atom. The first-order valence-electron chi connectivity index (χ1n) is 7.76. The Labute approximate surface area is 117 Å². The molecule has 0 aromatic heterocycles. The molecule has 4 nitrogen and oxygen atoms in total. The summed E-state index contributed by atoms with van der Waals surface area (Å²) >= 11 is 0. The summed E-state index contributed by atoms with van der Waals surface area (Å²) in [6.45, 7) is 7.49. The second-order valence-corrected chi connectivity index (χ2v) is 5.70. The molecular formula is C15H30N2O2. The molecule has 1 fully saturated rings. The third-order valence-corrected chi connectivity index (χ3v) is 3.80. The maximum absolute atomic E-state index is 12.2. The Bertz CT molecular complexity index is 259. The highest BCUT2D eigenvalue weighted by Gasteiger charge is 2.23. The van der Waals surface area contributed by atoms with Gasteiger partial charge in [0.15, 0.2) is 0 Å². The van der Waals surface area contributed by atoms with Crippen LogP contribution in [0.1, 0.15) is 52.4 Å². The molecule has 19 heavy (non-hydrogen) atoms. The first-order valence-corrected chi connectivity index (χ1v) is 7.76. The zero-order valence-electron chi connectivity index (χ0n) is 12.6. The largest absolute Gasteiger partial charge is 0.376 e. The maximum atomic E-state index is 12.2. The molecule has 0 bridgehead atoms. The molecule has 1 aliphatic rings. The van der Waals surface area contributed by atoms with Gasteiger partial charge >= 0.3 is 0 Å². The van der Waals surface area contributed by atoms with E-state index in [2.05, 4.69) is 13.8 Å². The lowest BCUT2D eigenvalue weighted by Crippen LogP contribution is -2.43. The van der Waals surface area contributed by atoms with Crippen molar-refractivity contribution < 1.29 is 9.53 Å². The van der Waals surface area contributed by atoms with Crippen LogP contribution in [0.2, 0.25) is 0 Å². The molecule has 2 unspecified atom stereocenters. The monoisotopic (exact) mass is 270 g/mol. The minimum Gasteiger partial charge on any atom is -0.376 e. The molecular weight excluding hydrogens is 240 g/mol. The standard InChI is InChI=1S/C15H30N2O2/c1-3-11-19-14-5-4-10-17(12-14)15(18)7-6-13(2)8-9-16/h13-14H,3-12,16H2,1-2H3. The summed E-state index contributed by atoms with van der Waals surface area (Å²) in [5.74, 6) is 0.833. The summed E-state index contributed by atoms with van der Waals surface area (Å²) in [6, 6.07) is 0. The van der Waals surface area contributed by atoms with Crippen molar-refractivity contribution in [2.45, 2.75) is 58.5 Å². The van der Waals surface area contributed by atoms with Crippen LogP contribution < -0.4 is 5.73 Å². The lowest BCUT2D eigenvalue weighted by molar-refractivity contribution is -0.135. The van der Waals surface area contributed by atoms with Gasteiger partial charge in [0.2, 0.25) is 5.91 Å². The minimum absolute atomic E-state index is 0.249. The molecule has 112 valence electrons. The fourth-order valence-corrected chi connectivity index (χ4v) is 2.54. The van der Waals surface area contributed by atoms with Gasteiger partial charge < -0.3 is 15.4 Å². The zero-order valence-corrected chi connectivity index (χ0v) is 12.6. The lowest BCUT2D eigenvalue weighted by Gasteiger charge is -2.33. The predicted molar refractivity (Wildman–Crippen MR) is 77.9 cm³/mol. The molecule has 0 aliphatic carbocycles. The van der Waals surface area contributed by atoms with Gasteiger partial charge in [0.1, 0.15) is 0 Å². The Morgan fingerprint density at radius 1 is 1.47 bits per heavy atom. The van der Waals surface area contributed by atoms with E-state index in [1.807, 2.05) is 4.90 Å². The minimum atomic E-state index is 0.249. The van der Waals surface area contributed by atoms with Crippen LogP contribution in [-0.4, -0.2) is 43.2 Å². The summed E-state index contributed by atoms with van der Waals surface area (Å²) in [7, 11) is 0. The summed E-state index contributed by atoms with van der Waals surface area (Å²) in [5, 5.41) is 0. The molecule has 1 amide bonds. The topological polar surface area (TPSA) is 55.6 Å². The van der Waals surface area contributed by atoms with Gasteiger partial charge in [0.25, 0.3) is 0 Å². The Balaban J connectivity index is 2.27. The number of nitrogens with zero attached hydrogens (tertiary/aromatic N) is 1. The molecule has 0 spiro atoms. The second-order valence-electron chi connectivity index (χ2n) is 5.70. The summed E-state index contributed by atoms with van der Waals surface area (Å²) < 4.78 is 5.77. The van der Waals surface area contributed by atoms with Crippen molar-refractivity contribution in [1.29, 1.82) is 0 Å². The first kappa shape index (κ1) is 16.4. The van der Waals surface area contributed by atoms with Gasteiger partial charge in [-0.2, -0.15) is 0 Å². The van der Waals surface area contributed by atoms with Gasteiger partial charge in [-0.1, -0.05) is 13.8 Å². The summed E-state index contributed by atoms with van der Waals surface area (Å²) in [4.78, 5) is 14.2. The van der Waals surface area contributed by atoms with Crippen LogP contribution in [-0.2, 0) is 9.53 Å². The van der Waals surface area contributed by atoms with E-state index in [1.54, 1.807) is 0 Å². The number of likely N-dealkylation sites (tertiary alicyclic amines) is 1. The van der Waals surface area contributed by atoms with Crippen molar-refractivity contribution >= 4 is 5.91 Å². The van der Waals surface area contributed by atoms with Crippen LogP contribution in [0, 0.1) is 5.92 Å². The van der Waals surface area contributed by atoms with Crippen molar-refractivity contribution in [3.63, 3.8) is 0 Å². The van der Waals surface area contributed by atoms with E-state index in [9.17, 15) is 4.79 Å². The van der Waals surface area contributed by atoms with E-state index in [0.29, 0.717) is 18.9 Å². The van der Waals surface area contributed by atoms with E-state index in [1.165, 1.54) is 0 Å². The average Bonchev–Trinajstić information content (AvgIpc) is 2.43. The number of carbonyl (C=O) groups is 1. The Kier molecular flexibility index (Phi) is 8.07. The SMILES string of the molecule is CCCOC1CCCN(C(=O)CCC(C)CCN)C1. The van der Waals surface area contributed by atoms with E-state index in [-0.39, 0.29) is 12.0 Å². The predicted octanol–water partition coefficient (Wildman–Crippen LogP) is 2.17. The highest BCUT2D eigenvalue weighted by Crippen LogP contribution is 2.17. The molecule has 0 aromatic rings. The van der Waals surface area contributed by atoms with Crippen molar-refractivity contribution in [2.75, 3.05) is 26.2 Å². The number of carbonyl (C=O) groups excluding carboxylic acids is 1. The second kappa shape index (κ2) is 9.32. The van der Waals surface area contributed by atoms with Crippen LogP contribution in [0.25, 0.3) is 0 Å². The third kappa shape index (κ3) is 6.39. The molecule has 1 saturated heterocycles. The molecule has 1 rings (SSSR count). The third-order valence-electron chi connectivity index (χ3n) is 3.80. The highest BCUT2D eigenvalue weighted by molar-refractivity contribution is 5.76. The average molecular weight is 270 g/mol. The lowest BCUT2D eigenvalue weighted by atomic mass is 10.0. The number of ether oxygens (including phenoxy) is 1. The normalized spacial score (nSPS) is 21.4. The molecule has 0 radical (unpaired) electrons. The number of nitrogens with two attached hydrogens (primary N) is 1. The quantitative estimate of drug-likeness (QED) is 0.735. The fourth-order valence-electron chi connectivity index (χ4n) is 2.54. The molecule has 2 N–H and O–H groups in total. The van der Waals surface area contributed by atoms with Crippen molar-refractivity contribution in [1.82, 2.24) is 4.90 Å². The van der Waals surface area contributed by atoms with Gasteiger partial charge in [0.05, 0.1) is 6.10 Å². The number of rotatable bonds is 8. The van der Waals surface area contributed by atoms with Crippen molar-refractivity contribution in [2.24, 2.45) is 11.7 Å². The zero-order chi connectivity index (χ0) is 14.1. The summed E-state index contributed by atoms with van der Waals surface area (Å²) in [5.41, 5.74) is 5.53. The fraction of sp³-hybridized carbons (Fsp3) is 0.933. The molecule has 0 saturated carbocycles. The number of hydrogen-bond acceptors (Lipinski definition) is 3. The highest BCUT2D eigenvalue weighted by atomic mass is 16.5. The van der Waals surface area contributed by atoms with E-state index < -0.39 is 0 Å². The van der Waals surface area contributed by atoms with Crippen LogP contribution in [0.15, 0.2) is 0 Å². The smallest absolute Gasteiger partial charge is 0.222 e. The molecule has 0 aromatic carbocycles. The van der Waals surface area contributed by atoms with Gasteiger partial charge in [-0.05, 0) is 44.6 Å². The van der Waals surface area contributed by atoms with Crippen LogP contribution in [0.4, 0.5) is 0 Å². The van der Waals surface area contributed by atoms with Crippen LogP contribution >= 0.6 is 0 Å². The first-order chi connectivity index (χ1) is 9.17. The molecule has 1 heterocycles. The van der Waals surface area contributed by atoms with Gasteiger partial charge in [-0.3, -0.25) is 4.79 Å². The van der Waals surface area contributed by atoms with Gasteiger partial charge in [0, 0.05) is 26.1 Å². The molecule has 4 heteroatoms. The number of hydrogen-bond donors (Lipinski definition) is 1. The Hall–Kier alpha value is -0.610. The van der Waals surface area contributed by atoms with Crippen molar-refractivity contribution in [3.8, 4) is 0 Å². The van der Waals surface area contributed by atoms with Gasteiger partial charge in [-0.25, -0.2) is 0 Å². The van der Waals surface area contributed by atoms with Crippen LogP contribution in [0.3, 0.4) is 0 Å². The van der Waals surface area contributed by atoms with Crippen molar-refractivity contribution in [3.05, 3.63) is 0 Å². The molecule has 1 aliphatic heterocycles. The number of amides is 1. The summed E-state index contributed by atoms with van der Waals surface area (Å²) in [6.07, 6.45) is 6.07. The Morgan fingerprint density at radius 2 is 2.26 bits per heavy atom. The molecule has 2 atom stereocenters. The van der Waals surface area contributed by atoms with E-state index >= 15 is 0 Å². The van der Waals surface area contributed by atoms with Crippen LogP contribution in [0.5, 0.6) is 0 Å². The van der Waals surface area contributed by atoms with E-state index in [4.69, 9.17) is 10.5 Å².